The largest absolute Gasteiger partial charge is 0.435 e. The summed E-state index contributed by atoms with van der Waals surface area (Å²) in [7, 11) is 0. The van der Waals surface area contributed by atoms with Crippen LogP contribution in [0.3, 0.4) is 0 Å². The summed E-state index contributed by atoms with van der Waals surface area (Å²) in [4.78, 5) is 20.9. The van der Waals surface area contributed by atoms with Crippen LogP contribution in [0.5, 0.6) is 0 Å². The van der Waals surface area contributed by atoms with Crippen molar-refractivity contribution < 1.29 is 22.0 Å². The number of piperazine rings is 1. The van der Waals surface area contributed by atoms with Gasteiger partial charge in [0.2, 0.25) is 5.95 Å². The average Bonchev–Trinajstić information content (AvgIpc) is 2.61. The number of H-pyrrole nitrogens is 1. The fourth-order valence-corrected chi connectivity index (χ4v) is 2.52. The van der Waals surface area contributed by atoms with Crippen molar-refractivity contribution in [2.45, 2.75) is 12.6 Å². The standard InChI is InChI=1S/C14H13F5N6O/c15-12(16)8-7-11(26)21-13(20-8)25-5-3-24(4-6-25)10-2-1-9(22-23-10)14(17,18)19/h1-2,7,12H,3-6H2,(H,20,21,26). The van der Waals surface area contributed by atoms with E-state index < -0.39 is 29.5 Å². The van der Waals surface area contributed by atoms with E-state index in [-0.39, 0.29) is 11.8 Å². The predicted octanol–water partition coefficient (Wildman–Crippen LogP) is 1.84. The van der Waals surface area contributed by atoms with E-state index in [2.05, 4.69) is 20.2 Å². The molecule has 0 atom stereocenters. The van der Waals surface area contributed by atoms with E-state index >= 15 is 0 Å². The lowest BCUT2D eigenvalue weighted by atomic mass is 10.3. The van der Waals surface area contributed by atoms with Crippen molar-refractivity contribution >= 4 is 11.8 Å². The molecule has 140 valence electrons. The number of halogens is 5. The zero-order chi connectivity index (χ0) is 18.9. The Labute approximate surface area is 143 Å². The number of alkyl halides is 5. The van der Waals surface area contributed by atoms with E-state index in [4.69, 9.17) is 0 Å². The summed E-state index contributed by atoms with van der Waals surface area (Å²) in [6.45, 7) is 1.34. The Morgan fingerprint density at radius 3 is 2.23 bits per heavy atom. The first-order chi connectivity index (χ1) is 12.2. The maximum atomic E-state index is 12.8. The summed E-state index contributed by atoms with van der Waals surface area (Å²) < 4.78 is 63.0. The molecule has 26 heavy (non-hydrogen) atoms. The molecular formula is C14H13F5N6O. The average molecular weight is 376 g/mol. The quantitative estimate of drug-likeness (QED) is 0.824. The van der Waals surface area contributed by atoms with Gasteiger partial charge in [-0.25, -0.2) is 13.8 Å². The highest BCUT2D eigenvalue weighted by atomic mass is 19.4. The molecule has 3 heterocycles. The summed E-state index contributed by atoms with van der Waals surface area (Å²) >= 11 is 0. The van der Waals surface area contributed by atoms with Crippen LogP contribution in [0.1, 0.15) is 17.8 Å². The Hall–Kier alpha value is -2.79. The monoisotopic (exact) mass is 376 g/mol. The molecule has 0 bridgehead atoms. The summed E-state index contributed by atoms with van der Waals surface area (Å²) in [5, 5.41) is 6.75. The van der Waals surface area contributed by atoms with Gasteiger partial charge < -0.3 is 9.80 Å². The van der Waals surface area contributed by atoms with E-state index in [1.54, 1.807) is 9.80 Å². The first-order valence-corrected chi connectivity index (χ1v) is 7.54. The first-order valence-electron chi connectivity index (χ1n) is 7.54. The third-order valence-electron chi connectivity index (χ3n) is 3.82. The van der Waals surface area contributed by atoms with Crippen LogP contribution in [-0.4, -0.2) is 46.3 Å². The minimum atomic E-state index is -4.56. The summed E-state index contributed by atoms with van der Waals surface area (Å²) in [6, 6.07) is 2.81. The molecule has 1 N–H and O–H groups in total. The first kappa shape index (κ1) is 18.0. The van der Waals surface area contributed by atoms with E-state index in [9.17, 15) is 26.7 Å². The summed E-state index contributed by atoms with van der Waals surface area (Å²) in [5.74, 6) is 0.311. The van der Waals surface area contributed by atoms with Crippen molar-refractivity contribution in [2.75, 3.05) is 36.0 Å². The van der Waals surface area contributed by atoms with Crippen molar-refractivity contribution in [3.8, 4) is 0 Å². The van der Waals surface area contributed by atoms with Crippen LogP contribution in [-0.2, 0) is 6.18 Å². The maximum absolute atomic E-state index is 12.8. The Kier molecular flexibility index (Phi) is 4.74. The van der Waals surface area contributed by atoms with Crippen LogP contribution in [0.2, 0.25) is 0 Å². The molecule has 0 unspecified atom stereocenters. The molecule has 3 rings (SSSR count). The fraction of sp³-hybridized carbons (Fsp3) is 0.429. The van der Waals surface area contributed by atoms with Crippen LogP contribution >= 0.6 is 0 Å². The third-order valence-corrected chi connectivity index (χ3v) is 3.82. The van der Waals surface area contributed by atoms with Crippen LogP contribution in [0.4, 0.5) is 33.7 Å². The van der Waals surface area contributed by atoms with Gasteiger partial charge in [0, 0.05) is 32.2 Å². The molecule has 2 aromatic rings. The lowest BCUT2D eigenvalue weighted by Gasteiger charge is -2.35. The van der Waals surface area contributed by atoms with Crippen molar-refractivity contribution in [1.82, 2.24) is 20.2 Å². The zero-order valence-electron chi connectivity index (χ0n) is 13.2. The van der Waals surface area contributed by atoms with E-state index in [0.717, 1.165) is 12.1 Å². The van der Waals surface area contributed by atoms with Gasteiger partial charge in [0.05, 0.1) is 0 Å². The van der Waals surface area contributed by atoms with Crippen molar-refractivity contribution in [3.05, 3.63) is 39.9 Å². The number of nitrogens with zero attached hydrogens (tertiary/aromatic N) is 5. The smallest absolute Gasteiger partial charge is 0.352 e. The number of anilines is 2. The van der Waals surface area contributed by atoms with Crippen LogP contribution < -0.4 is 15.4 Å². The van der Waals surface area contributed by atoms with Gasteiger partial charge in [0.25, 0.3) is 12.0 Å². The van der Waals surface area contributed by atoms with Gasteiger partial charge in [0.1, 0.15) is 5.69 Å². The summed E-state index contributed by atoms with van der Waals surface area (Å²) in [6.07, 6.45) is -7.42. The Morgan fingerprint density at radius 2 is 1.69 bits per heavy atom. The van der Waals surface area contributed by atoms with Crippen molar-refractivity contribution in [3.63, 3.8) is 0 Å². The topological polar surface area (TPSA) is 78.0 Å². The second kappa shape index (κ2) is 6.84. The number of rotatable bonds is 3. The fourth-order valence-electron chi connectivity index (χ4n) is 2.52. The van der Waals surface area contributed by atoms with Crippen molar-refractivity contribution in [1.29, 1.82) is 0 Å². The normalized spacial score (nSPS) is 15.6. The number of hydrogen-bond donors (Lipinski definition) is 1. The Balaban J connectivity index is 1.69. The minimum absolute atomic E-state index is 0.0333. The molecule has 1 fully saturated rings. The molecule has 0 saturated carbocycles. The van der Waals surface area contributed by atoms with Gasteiger partial charge in [-0.1, -0.05) is 0 Å². The van der Waals surface area contributed by atoms with Crippen molar-refractivity contribution in [2.24, 2.45) is 0 Å². The van der Waals surface area contributed by atoms with Crippen LogP contribution in [0.25, 0.3) is 0 Å². The van der Waals surface area contributed by atoms with Gasteiger partial charge in [0.15, 0.2) is 11.5 Å². The van der Waals surface area contributed by atoms with E-state index in [1.165, 1.54) is 6.07 Å². The lowest BCUT2D eigenvalue weighted by Crippen LogP contribution is -2.48. The molecule has 1 saturated heterocycles. The number of hydrogen-bond acceptors (Lipinski definition) is 6. The van der Waals surface area contributed by atoms with Gasteiger partial charge in [-0.15, -0.1) is 10.2 Å². The molecule has 0 spiro atoms. The van der Waals surface area contributed by atoms with Gasteiger partial charge in [-0.2, -0.15) is 13.2 Å². The number of aromatic nitrogens is 4. The van der Waals surface area contributed by atoms with Crippen LogP contribution in [0.15, 0.2) is 23.0 Å². The van der Waals surface area contributed by atoms with Gasteiger partial charge in [-0.05, 0) is 12.1 Å². The molecule has 0 radical (unpaired) electrons. The van der Waals surface area contributed by atoms with Gasteiger partial charge >= 0.3 is 6.18 Å². The Morgan fingerprint density at radius 1 is 1.04 bits per heavy atom. The highest BCUT2D eigenvalue weighted by Gasteiger charge is 2.33. The molecular weight excluding hydrogens is 363 g/mol. The lowest BCUT2D eigenvalue weighted by molar-refractivity contribution is -0.141. The highest BCUT2D eigenvalue weighted by Crippen LogP contribution is 2.27. The molecule has 12 heteroatoms. The molecule has 0 aromatic carbocycles. The molecule has 1 aliphatic rings. The second-order valence-corrected chi connectivity index (χ2v) is 5.54. The zero-order valence-corrected chi connectivity index (χ0v) is 13.2. The number of aromatic amines is 1. The molecule has 0 aliphatic carbocycles. The molecule has 2 aromatic heterocycles. The third kappa shape index (κ3) is 3.89. The second-order valence-electron chi connectivity index (χ2n) is 5.54. The minimum Gasteiger partial charge on any atom is -0.352 e. The summed E-state index contributed by atoms with van der Waals surface area (Å²) in [5.41, 5.74) is -2.37. The van der Waals surface area contributed by atoms with E-state index in [0.29, 0.717) is 26.2 Å². The Bertz CT molecular complexity index is 814. The predicted molar refractivity (Wildman–Crippen MR) is 81.3 cm³/mol. The van der Waals surface area contributed by atoms with E-state index in [1.807, 2.05) is 0 Å². The van der Waals surface area contributed by atoms with Crippen LogP contribution in [0, 0.1) is 0 Å². The number of nitrogens with one attached hydrogen (secondary N) is 1. The highest BCUT2D eigenvalue weighted by molar-refractivity contribution is 5.42. The SMILES string of the molecule is O=c1cc(C(F)F)nc(N2CCN(c3ccc(C(F)(F)F)nn3)CC2)[nH]1. The maximum Gasteiger partial charge on any atom is 0.435 e. The molecule has 0 amide bonds. The molecule has 7 nitrogen and oxygen atoms in total. The van der Waals surface area contributed by atoms with Gasteiger partial charge in [-0.3, -0.25) is 9.78 Å². The molecule has 1 aliphatic heterocycles.